The Morgan fingerprint density at radius 2 is 1.93 bits per heavy atom. The Kier molecular flexibility index (Phi) is 3.57. The van der Waals surface area contributed by atoms with Gasteiger partial charge < -0.3 is 0 Å². The third kappa shape index (κ3) is 2.08. The van der Waals surface area contributed by atoms with Crippen LogP contribution in [0.5, 0.6) is 0 Å². The third-order valence-corrected chi connectivity index (χ3v) is 2.19. The SMILES string of the molecule is C/C=C(\C=C/CC)C1C(=O)C=CC1=O. The minimum absolute atomic E-state index is 0.108. The Labute approximate surface area is 84.0 Å². The van der Waals surface area contributed by atoms with Gasteiger partial charge >= 0.3 is 0 Å². The van der Waals surface area contributed by atoms with E-state index in [1.54, 1.807) is 0 Å². The summed E-state index contributed by atoms with van der Waals surface area (Å²) in [5, 5.41) is 0. The van der Waals surface area contributed by atoms with E-state index in [0.717, 1.165) is 12.0 Å². The molecule has 0 aromatic heterocycles. The van der Waals surface area contributed by atoms with E-state index in [0.29, 0.717) is 0 Å². The fourth-order valence-electron chi connectivity index (χ4n) is 1.44. The van der Waals surface area contributed by atoms with Crippen molar-refractivity contribution < 1.29 is 9.59 Å². The van der Waals surface area contributed by atoms with Crippen molar-refractivity contribution in [2.24, 2.45) is 5.92 Å². The largest absolute Gasteiger partial charge is 0.294 e. The molecule has 0 N–H and O–H groups in total. The topological polar surface area (TPSA) is 34.1 Å². The second-order valence-corrected chi connectivity index (χ2v) is 3.17. The van der Waals surface area contributed by atoms with Crippen LogP contribution in [0, 0.1) is 5.92 Å². The molecule has 0 spiro atoms. The minimum Gasteiger partial charge on any atom is -0.294 e. The van der Waals surface area contributed by atoms with E-state index in [2.05, 4.69) is 0 Å². The number of hydrogen-bond donors (Lipinski definition) is 0. The molecule has 74 valence electrons. The van der Waals surface area contributed by atoms with Crippen LogP contribution in [0.25, 0.3) is 0 Å². The molecule has 0 aromatic rings. The van der Waals surface area contributed by atoms with E-state index in [4.69, 9.17) is 0 Å². The summed E-state index contributed by atoms with van der Waals surface area (Å²) >= 11 is 0. The van der Waals surface area contributed by atoms with Gasteiger partial charge in [-0.25, -0.2) is 0 Å². The molecule has 0 atom stereocenters. The molecule has 14 heavy (non-hydrogen) atoms. The quantitative estimate of drug-likeness (QED) is 0.505. The maximum absolute atomic E-state index is 11.4. The highest BCUT2D eigenvalue weighted by molar-refractivity contribution is 6.20. The summed E-state index contributed by atoms with van der Waals surface area (Å²) in [6.45, 7) is 3.86. The van der Waals surface area contributed by atoms with Crippen LogP contribution in [-0.4, -0.2) is 11.6 Å². The van der Waals surface area contributed by atoms with Crippen molar-refractivity contribution in [3.05, 3.63) is 36.0 Å². The smallest absolute Gasteiger partial charge is 0.171 e. The van der Waals surface area contributed by atoms with E-state index in [1.165, 1.54) is 12.2 Å². The van der Waals surface area contributed by atoms with E-state index in [1.807, 2.05) is 32.1 Å². The second-order valence-electron chi connectivity index (χ2n) is 3.17. The summed E-state index contributed by atoms with van der Waals surface area (Å²) in [7, 11) is 0. The van der Waals surface area contributed by atoms with Crippen molar-refractivity contribution in [1.82, 2.24) is 0 Å². The van der Waals surface area contributed by atoms with Crippen molar-refractivity contribution in [2.45, 2.75) is 20.3 Å². The second kappa shape index (κ2) is 4.70. The molecule has 0 saturated carbocycles. The number of rotatable bonds is 3. The number of hydrogen-bond acceptors (Lipinski definition) is 2. The van der Waals surface area contributed by atoms with Gasteiger partial charge in [0.15, 0.2) is 11.6 Å². The lowest BCUT2D eigenvalue weighted by Crippen LogP contribution is -2.16. The van der Waals surface area contributed by atoms with Crippen LogP contribution >= 0.6 is 0 Å². The number of carbonyl (C=O) groups excluding carboxylic acids is 2. The summed E-state index contributed by atoms with van der Waals surface area (Å²) < 4.78 is 0. The van der Waals surface area contributed by atoms with Crippen LogP contribution in [0.15, 0.2) is 36.0 Å². The zero-order valence-electron chi connectivity index (χ0n) is 8.49. The van der Waals surface area contributed by atoms with Gasteiger partial charge in [-0.05, 0) is 31.1 Å². The van der Waals surface area contributed by atoms with E-state index in [9.17, 15) is 9.59 Å². The van der Waals surface area contributed by atoms with Gasteiger partial charge in [-0.15, -0.1) is 0 Å². The highest BCUT2D eigenvalue weighted by atomic mass is 16.2. The van der Waals surface area contributed by atoms with Crippen molar-refractivity contribution in [3.63, 3.8) is 0 Å². The molecule has 2 heteroatoms. The lowest BCUT2D eigenvalue weighted by molar-refractivity contribution is -0.124. The first-order chi connectivity index (χ1) is 6.70. The van der Waals surface area contributed by atoms with Gasteiger partial charge in [-0.2, -0.15) is 0 Å². The first-order valence-electron chi connectivity index (χ1n) is 4.79. The molecule has 0 fully saturated rings. The first kappa shape index (κ1) is 10.6. The molecule has 0 radical (unpaired) electrons. The van der Waals surface area contributed by atoms with Crippen LogP contribution in [0.4, 0.5) is 0 Å². The Hall–Kier alpha value is -1.44. The molecule has 0 aliphatic heterocycles. The fourth-order valence-corrected chi connectivity index (χ4v) is 1.44. The molecule has 0 amide bonds. The molecule has 0 unspecified atom stereocenters. The molecule has 0 aromatic carbocycles. The highest BCUT2D eigenvalue weighted by Gasteiger charge is 2.29. The predicted octanol–water partition coefficient (Wildman–Crippen LogP) is 2.22. The average Bonchev–Trinajstić information content (AvgIpc) is 2.50. The maximum atomic E-state index is 11.4. The molecule has 0 saturated heterocycles. The van der Waals surface area contributed by atoms with Gasteiger partial charge in [-0.3, -0.25) is 9.59 Å². The van der Waals surface area contributed by atoms with Crippen molar-refractivity contribution in [1.29, 1.82) is 0 Å². The third-order valence-electron chi connectivity index (χ3n) is 2.19. The summed E-state index contributed by atoms with van der Waals surface area (Å²) in [6, 6.07) is 0. The van der Waals surface area contributed by atoms with Gasteiger partial charge in [0.05, 0.1) is 0 Å². The number of carbonyl (C=O) groups is 2. The minimum atomic E-state index is -0.581. The zero-order chi connectivity index (χ0) is 10.6. The van der Waals surface area contributed by atoms with Crippen LogP contribution in [0.1, 0.15) is 20.3 Å². The average molecular weight is 190 g/mol. The van der Waals surface area contributed by atoms with E-state index < -0.39 is 5.92 Å². The van der Waals surface area contributed by atoms with Gasteiger partial charge in [0.2, 0.25) is 0 Å². The van der Waals surface area contributed by atoms with Crippen molar-refractivity contribution >= 4 is 11.6 Å². The lowest BCUT2D eigenvalue weighted by Gasteiger charge is -2.07. The van der Waals surface area contributed by atoms with Gasteiger partial charge in [-0.1, -0.05) is 25.2 Å². The Bertz CT molecular complexity index is 314. The van der Waals surface area contributed by atoms with E-state index in [-0.39, 0.29) is 11.6 Å². The monoisotopic (exact) mass is 190 g/mol. The predicted molar refractivity (Wildman–Crippen MR) is 55.8 cm³/mol. The van der Waals surface area contributed by atoms with E-state index >= 15 is 0 Å². The van der Waals surface area contributed by atoms with Crippen molar-refractivity contribution in [2.75, 3.05) is 0 Å². The number of allylic oxidation sites excluding steroid dienone is 6. The van der Waals surface area contributed by atoms with Crippen LogP contribution in [-0.2, 0) is 9.59 Å². The standard InChI is InChI=1S/C12H14O2/c1-3-5-6-9(4-2)12-10(13)7-8-11(12)14/h4-8,12H,3H2,1-2H3/b6-5-,9-4+. The Morgan fingerprint density at radius 3 is 2.36 bits per heavy atom. The fraction of sp³-hybridized carbons (Fsp3) is 0.333. The summed E-state index contributed by atoms with van der Waals surface area (Å²) in [4.78, 5) is 22.7. The van der Waals surface area contributed by atoms with Gasteiger partial charge in [0, 0.05) is 0 Å². The molecular formula is C12H14O2. The Morgan fingerprint density at radius 1 is 1.36 bits per heavy atom. The normalized spacial score (nSPS) is 18.9. The van der Waals surface area contributed by atoms with Gasteiger partial charge in [0.1, 0.15) is 5.92 Å². The van der Waals surface area contributed by atoms with Crippen LogP contribution < -0.4 is 0 Å². The molecule has 1 rings (SSSR count). The maximum Gasteiger partial charge on any atom is 0.171 e. The lowest BCUT2D eigenvalue weighted by atomic mass is 9.94. The number of ketones is 2. The van der Waals surface area contributed by atoms with Crippen molar-refractivity contribution in [3.8, 4) is 0 Å². The summed E-state index contributed by atoms with van der Waals surface area (Å²) in [6.07, 6.45) is 9.24. The highest BCUT2D eigenvalue weighted by Crippen LogP contribution is 2.21. The molecule has 2 nitrogen and oxygen atoms in total. The van der Waals surface area contributed by atoms with Crippen LogP contribution in [0.3, 0.4) is 0 Å². The molecule has 0 heterocycles. The summed E-state index contributed by atoms with van der Waals surface area (Å²) in [5.74, 6) is -0.796. The van der Waals surface area contributed by atoms with Gasteiger partial charge in [0.25, 0.3) is 0 Å². The first-order valence-corrected chi connectivity index (χ1v) is 4.79. The molecular weight excluding hydrogens is 176 g/mol. The molecule has 1 aliphatic carbocycles. The Balaban J connectivity index is 2.87. The molecule has 1 aliphatic rings. The molecule has 0 bridgehead atoms. The zero-order valence-corrected chi connectivity index (χ0v) is 8.49. The van der Waals surface area contributed by atoms with Crippen LogP contribution in [0.2, 0.25) is 0 Å². The summed E-state index contributed by atoms with van der Waals surface area (Å²) in [5.41, 5.74) is 0.798.